The highest BCUT2D eigenvalue weighted by Gasteiger charge is 2.19. The van der Waals surface area contributed by atoms with Crippen LogP contribution in [0.2, 0.25) is 0 Å². The second-order valence-corrected chi connectivity index (χ2v) is 2.90. The zero-order chi connectivity index (χ0) is 8.69. The topological polar surface area (TPSA) is 21.3 Å². The van der Waals surface area contributed by atoms with Crippen LogP contribution in [-0.4, -0.2) is 26.3 Å². The van der Waals surface area contributed by atoms with Crippen LogP contribution >= 0.6 is 0 Å². The largest absolute Gasteiger partial charge is 0.383 e. The SMILES string of the molecule is CC.COCC1CC(C)CN1. The molecule has 68 valence electrons. The molecule has 0 saturated carbocycles. The smallest absolute Gasteiger partial charge is 0.0615 e. The fourth-order valence-electron chi connectivity index (χ4n) is 1.35. The van der Waals surface area contributed by atoms with Gasteiger partial charge in [-0.15, -0.1) is 0 Å². The van der Waals surface area contributed by atoms with E-state index >= 15 is 0 Å². The minimum Gasteiger partial charge on any atom is -0.383 e. The van der Waals surface area contributed by atoms with Crippen LogP contribution < -0.4 is 5.32 Å². The summed E-state index contributed by atoms with van der Waals surface area (Å²) in [6.45, 7) is 8.29. The first-order chi connectivity index (χ1) is 5.33. The summed E-state index contributed by atoms with van der Waals surface area (Å²) in [4.78, 5) is 0. The van der Waals surface area contributed by atoms with E-state index in [4.69, 9.17) is 4.74 Å². The fourth-order valence-corrected chi connectivity index (χ4v) is 1.35. The summed E-state index contributed by atoms with van der Waals surface area (Å²) < 4.78 is 5.01. The lowest BCUT2D eigenvalue weighted by molar-refractivity contribution is 0.172. The molecule has 0 amide bonds. The van der Waals surface area contributed by atoms with Crippen molar-refractivity contribution in [1.29, 1.82) is 0 Å². The van der Waals surface area contributed by atoms with Crippen molar-refractivity contribution in [1.82, 2.24) is 5.32 Å². The number of nitrogens with one attached hydrogen (secondary N) is 1. The first kappa shape index (κ1) is 10.9. The quantitative estimate of drug-likeness (QED) is 0.661. The molecule has 0 bridgehead atoms. The summed E-state index contributed by atoms with van der Waals surface area (Å²) >= 11 is 0. The minimum atomic E-state index is 0.616. The summed E-state index contributed by atoms with van der Waals surface area (Å²) in [7, 11) is 1.75. The molecule has 0 aromatic rings. The van der Waals surface area contributed by atoms with Gasteiger partial charge in [-0.05, 0) is 18.9 Å². The second-order valence-electron chi connectivity index (χ2n) is 2.90. The van der Waals surface area contributed by atoms with Crippen molar-refractivity contribution in [3.8, 4) is 0 Å². The summed E-state index contributed by atoms with van der Waals surface area (Å²) in [6, 6.07) is 0.616. The molecule has 1 aliphatic rings. The summed E-state index contributed by atoms with van der Waals surface area (Å²) in [6.07, 6.45) is 1.27. The van der Waals surface area contributed by atoms with E-state index in [1.807, 2.05) is 13.8 Å². The molecule has 0 spiro atoms. The van der Waals surface area contributed by atoms with E-state index in [2.05, 4.69) is 12.2 Å². The average Bonchev–Trinajstić information content (AvgIpc) is 2.41. The third-order valence-corrected chi connectivity index (χ3v) is 1.81. The molecule has 0 radical (unpaired) electrons. The van der Waals surface area contributed by atoms with Crippen molar-refractivity contribution in [3.05, 3.63) is 0 Å². The van der Waals surface area contributed by atoms with Crippen LogP contribution in [0.5, 0.6) is 0 Å². The van der Waals surface area contributed by atoms with E-state index < -0.39 is 0 Å². The molecule has 1 saturated heterocycles. The zero-order valence-corrected chi connectivity index (χ0v) is 8.18. The van der Waals surface area contributed by atoms with Crippen LogP contribution in [-0.2, 0) is 4.74 Å². The molecule has 0 aromatic carbocycles. The number of rotatable bonds is 2. The van der Waals surface area contributed by atoms with Crippen molar-refractivity contribution in [2.75, 3.05) is 20.3 Å². The third kappa shape index (κ3) is 4.38. The molecule has 1 rings (SSSR count). The Morgan fingerprint density at radius 3 is 2.45 bits per heavy atom. The van der Waals surface area contributed by atoms with Gasteiger partial charge in [-0.25, -0.2) is 0 Å². The standard InChI is InChI=1S/C7H15NO.C2H6/c1-6-3-7(5-9-2)8-4-6;1-2/h6-8H,3-5H2,1-2H3;1-2H3. The van der Waals surface area contributed by atoms with Gasteiger partial charge in [0.2, 0.25) is 0 Å². The Bertz CT molecular complexity index is 83.6. The summed E-state index contributed by atoms with van der Waals surface area (Å²) in [5.41, 5.74) is 0. The number of hydrogen-bond donors (Lipinski definition) is 1. The van der Waals surface area contributed by atoms with E-state index in [1.165, 1.54) is 6.42 Å². The van der Waals surface area contributed by atoms with E-state index in [-0.39, 0.29) is 0 Å². The van der Waals surface area contributed by atoms with Crippen LogP contribution in [0.3, 0.4) is 0 Å². The Kier molecular flexibility index (Phi) is 6.57. The van der Waals surface area contributed by atoms with Gasteiger partial charge in [0, 0.05) is 13.2 Å². The van der Waals surface area contributed by atoms with E-state index in [0.29, 0.717) is 6.04 Å². The Morgan fingerprint density at radius 1 is 1.45 bits per heavy atom. The van der Waals surface area contributed by atoms with Gasteiger partial charge in [-0.3, -0.25) is 0 Å². The first-order valence-electron chi connectivity index (χ1n) is 4.55. The van der Waals surface area contributed by atoms with Gasteiger partial charge in [0.1, 0.15) is 0 Å². The van der Waals surface area contributed by atoms with Crippen LogP contribution in [0.15, 0.2) is 0 Å². The highest BCUT2D eigenvalue weighted by molar-refractivity contribution is 4.78. The first-order valence-corrected chi connectivity index (χ1v) is 4.55. The van der Waals surface area contributed by atoms with Gasteiger partial charge >= 0.3 is 0 Å². The Balaban J connectivity index is 0.000000461. The summed E-state index contributed by atoms with van der Waals surface area (Å²) in [5, 5.41) is 3.38. The van der Waals surface area contributed by atoms with Gasteiger partial charge in [0.15, 0.2) is 0 Å². The predicted molar refractivity (Wildman–Crippen MR) is 48.8 cm³/mol. The highest BCUT2D eigenvalue weighted by Crippen LogP contribution is 2.11. The molecule has 1 heterocycles. The highest BCUT2D eigenvalue weighted by atomic mass is 16.5. The average molecular weight is 159 g/mol. The molecule has 1 fully saturated rings. The maximum Gasteiger partial charge on any atom is 0.0615 e. The van der Waals surface area contributed by atoms with Crippen LogP contribution in [0, 0.1) is 5.92 Å². The Morgan fingerprint density at radius 2 is 2.09 bits per heavy atom. The lowest BCUT2D eigenvalue weighted by Gasteiger charge is -2.06. The molecule has 11 heavy (non-hydrogen) atoms. The molecule has 0 aliphatic carbocycles. The minimum absolute atomic E-state index is 0.616. The molecule has 1 aliphatic heterocycles. The van der Waals surface area contributed by atoms with E-state index in [9.17, 15) is 0 Å². The normalized spacial score (nSPS) is 29.5. The molecular formula is C9H21NO. The summed E-state index contributed by atoms with van der Waals surface area (Å²) in [5.74, 6) is 0.838. The van der Waals surface area contributed by atoms with Gasteiger partial charge in [-0.2, -0.15) is 0 Å². The second kappa shape index (κ2) is 6.62. The maximum absolute atomic E-state index is 5.01. The zero-order valence-electron chi connectivity index (χ0n) is 8.18. The van der Waals surface area contributed by atoms with Crippen molar-refractivity contribution >= 4 is 0 Å². The number of hydrogen-bond acceptors (Lipinski definition) is 2. The van der Waals surface area contributed by atoms with Gasteiger partial charge in [-0.1, -0.05) is 20.8 Å². The monoisotopic (exact) mass is 159 g/mol. The predicted octanol–water partition coefficient (Wildman–Crippen LogP) is 1.66. The number of ether oxygens (including phenoxy) is 1. The molecule has 2 unspecified atom stereocenters. The van der Waals surface area contributed by atoms with E-state index in [0.717, 1.165) is 19.1 Å². The Hall–Kier alpha value is -0.0800. The molecular weight excluding hydrogens is 138 g/mol. The Labute approximate surface area is 70.3 Å². The molecule has 2 heteroatoms. The van der Waals surface area contributed by atoms with Gasteiger partial charge < -0.3 is 10.1 Å². The third-order valence-electron chi connectivity index (χ3n) is 1.81. The van der Waals surface area contributed by atoms with Crippen molar-refractivity contribution in [2.24, 2.45) is 5.92 Å². The van der Waals surface area contributed by atoms with E-state index in [1.54, 1.807) is 7.11 Å². The fraction of sp³-hybridized carbons (Fsp3) is 1.00. The van der Waals surface area contributed by atoms with Crippen molar-refractivity contribution in [2.45, 2.75) is 33.2 Å². The van der Waals surface area contributed by atoms with Crippen molar-refractivity contribution in [3.63, 3.8) is 0 Å². The molecule has 1 N–H and O–H groups in total. The van der Waals surface area contributed by atoms with Gasteiger partial charge in [0.25, 0.3) is 0 Å². The van der Waals surface area contributed by atoms with Gasteiger partial charge in [0.05, 0.1) is 6.61 Å². The maximum atomic E-state index is 5.01. The molecule has 2 atom stereocenters. The molecule has 0 aromatic heterocycles. The van der Waals surface area contributed by atoms with Crippen LogP contribution in [0.25, 0.3) is 0 Å². The lowest BCUT2D eigenvalue weighted by Crippen LogP contribution is -2.25. The van der Waals surface area contributed by atoms with Crippen molar-refractivity contribution < 1.29 is 4.74 Å². The van der Waals surface area contributed by atoms with Crippen LogP contribution in [0.4, 0.5) is 0 Å². The molecule has 2 nitrogen and oxygen atoms in total. The number of methoxy groups -OCH3 is 1. The van der Waals surface area contributed by atoms with Crippen LogP contribution in [0.1, 0.15) is 27.2 Å². The lowest BCUT2D eigenvalue weighted by atomic mass is 10.1.